The molecular weight excluding hydrogens is 276 g/mol. The van der Waals surface area contributed by atoms with Crippen molar-refractivity contribution in [1.29, 1.82) is 0 Å². The zero-order valence-corrected chi connectivity index (χ0v) is 13.6. The lowest BCUT2D eigenvalue weighted by Crippen LogP contribution is -2.63. The highest BCUT2D eigenvalue weighted by Gasteiger charge is 2.63. The molecule has 0 N–H and O–H groups in total. The molecule has 0 aromatic heterocycles. The molecule has 4 heteroatoms. The van der Waals surface area contributed by atoms with E-state index in [1.165, 1.54) is 0 Å². The Morgan fingerprint density at radius 1 is 1.10 bits per heavy atom. The molecule has 2 aliphatic carbocycles. The second kappa shape index (κ2) is 4.28. The van der Waals surface area contributed by atoms with Crippen LogP contribution in [0.2, 0.25) is 0 Å². The number of hydrogen-bond donors (Lipinski definition) is 0. The molecule has 0 aromatic carbocycles. The van der Waals surface area contributed by atoms with Gasteiger partial charge in [0.25, 0.3) is 0 Å². The number of halogens is 1. The largest absolute Gasteiger partial charge is 0.508 e. The van der Waals surface area contributed by atoms with Gasteiger partial charge in [-0.25, -0.2) is 4.79 Å². The summed E-state index contributed by atoms with van der Waals surface area (Å²) in [5.41, 5.74) is -0.101. The molecule has 1 aliphatic heterocycles. The standard InChI is InChI=1S/C16H25ClO3/c1-14(2)10-5-8-16(4)11(9-19-13(18)20-16)15(10,3)7-6-12(14)17/h10-12H,5-9H2,1-4H3/t10-,11-,12-,15-,16+/m0/s1. The molecule has 3 nitrogen and oxygen atoms in total. The van der Waals surface area contributed by atoms with Gasteiger partial charge in [0.1, 0.15) is 12.2 Å². The van der Waals surface area contributed by atoms with Crippen molar-refractivity contribution in [2.45, 2.75) is 64.4 Å². The van der Waals surface area contributed by atoms with E-state index >= 15 is 0 Å². The number of ether oxygens (including phenoxy) is 2. The number of hydrogen-bond acceptors (Lipinski definition) is 3. The summed E-state index contributed by atoms with van der Waals surface area (Å²) >= 11 is 6.61. The van der Waals surface area contributed by atoms with Gasteiger partial charge in [-0.1, -0.05) is 20.8 Å². The number of carbonyl (C=O) groups excluding carboxylic acids is 1. The highest BCUT2D eigenvalue weighted by atomic mass is 35.5. The number of alkyl halides is 1. The van der Waals surface area contributed by atoms with Crippen molar-refractivity contribution in [2.24, 2.45) is 22.7 Å². The summed E-state index contributed by atoms with van der Waals surface area (Å²) in [6.45, 7) is 9.52. The molecule has 114 valence electrons. The van der Waals surface area contributed by atoms with Gasteiger partial charge in [0, 0.05) is 11.3 Å². The van der Waals surface area contributed by atoms with Crippen molar-refractivity contribution in [1.82, 2.24) is 0 Å². The Balaban J connectivity index is 1.97. The molecule has 3 aliphatic rings. The van der Waals surface area contributed by atoms with E-state index in [0.717, 1.165) is 25.7 Å². The van der Waals surface area contributed by atoms with Gasteiger partial charge in [0.15, 0.2) is 0 Å². The zero-order valence-electron chi connectivity index (χ0n) is 12.9. The van der Waals surface area contributed by atoms with Crippen LogP contribution in [0, 0.1) is 22.7 Å². The molecule has 0 spiro atoms. The molecule has 0 amide bonds. The monoisotopic (exact) mass is 300 g/mol. The van der Waals surface area contributed by atoms with Crippen molar-refractivity contribution < 1.29 is 14.3 Å². The van der Waals surface area contributed by atoms with Crippen LogP contribution in [-0.2, 0) is 9.47 Å². The molecule has 1 heterocycles. The van der Waals surface area contributed by atoms with E-state index in [9.17, 15) is 4.79 Å². The minimum atomic E-state index is -0.504. The first-order valence-corrected chi connectivity index (χ1v) is 8.14. The Bertz CT molecular complexity index is 435. The quantitative estimate of drug-likeness (QED) is 0.492. The maximum Gasteiger partial charge on any atom is 0.508 e. The third-order valence-corrected chi connectivity index (χ3v) is 7.37. The predicted octanol–water partition coefficient (Wildman–Crippen LogP) is 4.37. The summed E-state index contributed by atoms with van der Waals surface area (Å²) in [5, 5.41) is 0.233. The highest BCUT2D eigenvalue weighted by molar-refractivity contribution is 6.21. The van der Waals surface area contributed by atoms with Crippen molar-refractivity contribution in [2.75, 3.05) is 6.61 Å². The summed E-state index contributed by atoms with van der Waals surface area (Å²) in [6, 6.07) is 0. The van der Waals surface area contributed by atoms with E-state index in [0.29, 0.717) is 12.5 Å². The van der Waals surface area contributed by atoms with E-state index in [1.807, 2.05) is 0 Å². The first-order valence-electron chi connectivity index (χ1n) is 7.70. The minimum Gasteiger partial charge on any atom is -0.434 e. The van der Waals surface area contributed by atoms with Crippen LogP contribution in [0.4, 0.5) is 4.79 Å². The lowest BCUT2D eigenvalue weighted by molar-refractivity contribution is -0.213. The van der Waals surface area contributed by atoms with Gasteiger partial charge in [0.05, 0.1) is 0 Å². The molecule has 3 fully saturated rings. The first kappa shape index (κ1) is 14.5. The third-order valence-electron chi connectivity index (χ3n) is 6.58. The Morgan fingerprint density at radius 3 is 2.50 bits per heavy atom. The topological polar surface area (TPSA) is 35.5 Å². The Kier molecular flexibility index (Phi) is 3.10. The first-order chi connectivity index (χ1) is 9.20. The Hall–Kier alpha value is -0.440. The molecule has 5 atom stereocenters. The van der Waals surface area contributed by atoms with Crippen LogP contribution in [0.25, 0.3) is 0 Å². The van der Waals surface area contributed by atoms with Crippen molar-refractivity contribution in [3.8, 4) is 0 Å². The van der Waals surface area contributed by atoms with Crippen molar-refractivity contribution in [3.05, 3.63) is 0 Å². The molecule has 1 saturated heterocycles. The zero-order chi connectivity index (χ0) is 14.8. The molecule has 3 rings (SSSR count). The van der Waals surface area contributed by atoms with E-state index in [2.05, 4.69) is 27.7 Å². The molecule has 0 unspecified atom stereocenters. The van der Waals surface area contributed by atoms with Crippen LogP contribution in [-0.4, -0.2) is 23.7 Å². The van der Waals surface area contributed by atoms with Gasteiger partial charge in [-0.05, 0) is 49.4 Å². The molecule has 0 aromatic rings. The van der Waals surface area contributed by atoms with E-state index in [1.54, 1.807) is 0 Å². The minimum absolute atomic E-state index is 0.122. The van der Waals surface area contributed by atoms with Gasteiger partial charge < -0.3 is 9.47 Å². The van der Waals surface area contributed by atoms with Gasteiger partial charge in [-0.2, -0.15) is 0 Å². The Morgan fingerprint density at radius 2 is 1.80 bits per heavy atom. The maximum absolute atomic E-state index is 11.5. The van der Waals surface area contributed by atoms with Gasteiger partial charge in [0.2, 0.25) is 0 Å². The molecule has 2 saturated carbocycles. The fourth-order valence-corrected chi connectivity index (χ4v) is 5.59. The third kappa shape index (κ3) is 1.81. The second-order valence-electron chi connectivity index (χ2n) is 7.95. The van der Waals surface area contributed by atoms with Crippen LogP contribution in [0.5, 0.6) is 0 Å². The predicted molar refractivity (Wildman–Crippen MR) is 77.8 cm³/mol. The maximum atomic E-state index is 11.5. The number of fused-ring (bicyclic) bond motifs is 3. The Labute approximate surface area is 126 Å². The summed E-state index contributed by atoms with van der Waals surface area (Å²) in [4.78, 5) is 11.5. The molecule has 20 heavy (non-hydrogen) atoms. The number of cyclic esters (lactones) is 1. The van der Waals surface area contributed by atoms with Crippen LogP contribution in [0.15, 0.2) is 0 Å². The van der Waals surface area contributed by atoms with E-state index in [4.69, 9.17) is 21.1 Å². The lowest BCUT2D eigenvalue weighted by atomic mass is 9.45. The highest BCUT2D eigenvalue weighted by Crippen LogP contribution is 2.64. The summed E-state index contributed by atoms with van der Waals surface area (Å²) in [6.07, 6.45) is 3.61. The molecule has 0 radical (unpaired) electrons. The number of carbonyl (C=O) groups is 1. The summed E-state index contributed by atoms with van der Waals surface area (Å²) in [5.74, 6) is 0.833. The van der Waals surface area contributed by atoms with Crippen molar-refractivity contribution >= 4 is 17.8 Å². The van der Waals surface area contributed by atoms with E-state index in [-0.39, 0.29) is 27.7 Å². The fourth-order valence-electron chi connectivity index (χ4n) is 5.33. The molecular formula is C16H25ClO3. The average molecular weight is 301 g/mol. The normalized spacial score (nSPS) is 50.5. The van der Waals surface area contributed by atoms with Crippen LogP contribution < -0.4 is 0 Å². The van der Waals surface area contributed by atoms with Gasteiger partial charge in [-0.3, -0.25) is 0 Å². The average Bonchev–Trinajstić information content (AvgIpc) is 2.33. The summed E-state index contributed by atoms with van der Waals surface area (Å²) < 4.78 is 10.8. The smallest absolute Gasteiger partial charge is 0.434 e. The fraction of sp³-hybridized carbons (Fsp3) is 0.938. The van der Waals surface area contributed by atoms with Crippen LogP contribution in [0.3, 0.4) is 0 Å². The van der Waals surface area contributed by atoms with Crippen LogP contribution in [0.1, 0.15) is 53.4 Å². The lowest BCUT2D eigenvalue weighted by Gasteiger charge is -2.63. The molecule has 0 bridgehead atoms. The van der Waals surface area contributed by atoms with Gasteiger partial charge in [-0.15, -0.1) is 11.6 Å². The van der Waals surface area contributed by atoms with E-state index < -0.39 is 6.16 Å². The van der Waals surface area contributed by atoms with Crippen LogP contribution >= 0.6 is 11.6 Å². The number of rotatable bonds is 0. The SMILES string of the molecule is CC1(C)[C@@H](Cl)CC[C@@]2(C)[C@H]1CC[C@@]1(C)OC(=O)OC[C@@H]21. The van der Waals surface area contributed by atoms with Gasteiger partial charge >= 0.3 is 6.16 Å². The summed E-state index contributed by atoms with van der Waals surface area (Å²) in [7, 11) is 0. The van der Waals surface area contributed by atoms with Crippen molar-refractivity contribution in [3.63, 3.8) is 0 Å². The second-order valence-corrected chi connectivity index (χ2v) is 8.48.